The van der Waals surface area contributed by atoms with Gasteiger partial charge in [0.2, 0.25) is 0 Å². The van der Waals surface area contributed by atoms with E-state index in [1.807, 2.05) is 0 Å². The van der Waals surface area contributed by atoms with Crippen molar-refractivity contribution in [2.45, 2.75) is 59.8 Å². The molecule has 0 aliphatic carbocycles. The van der Waals surface area contributed by atoms with E-state index in [1.165, 1.54) is 44.5 Å². The first-order valence-electron chi connectivity index (χ1n) is 13.7. The molecule has 4 aromatic rings. The molecule has 0 heterocycles. The number of ether oxygens (including phenoxy) is 2. The van der Waals surface area contributed by atoms with Gasteiger partial charge in [0.1, 0.15) is 11.5 Å². The molecule has 192 valence electrons. The van der Waals surface area contributed by atoms with Gasteiger partial charge in [0.05, 0.1) is 13.2 Å². The summed E-state index contributed by atoms with van der Waals surface area (Å²) in [4.78, 5) is 0. The number of hydrogen-bond acceptors (Lipinski definition) is 2. The van der Waals surface area contributed by atoms with Gasteiger partial charge >= 0.3 is 0 Å². The lowest BCUT2D eigenvalue weighted by Crippen LogP contribution is -2.08. The summed E-state index contributed by atoms with van der Waals surface area (Å²) in [5, 5.41) is 0. The van der Waals surface area contributed by atoms with Gasteiger partial charge in [0, 0.05) is 6.42 Å². The lowest BCUT2D eigenvalue weighted by molar-refractivity contribution is 0.245. The molecule has 0 fully saturated rings. The van der Waals surface area contributed by atoms with Crippen LogP contribution in [0.2, 0.25) is 0 Å². The van der Waals surface area contributed by atoms with E-state index < -0.39 is 0 Å². The minimum absolute atomic E-state index is 0.642. The average molecular weight is 493 g/mol. The molecular formula is C35H40O2. The number of aryl methyl sites for hydroxylation is 3. The van der Waals surface area contributed by atoms with Crippen LogP contribution in [0.5, 0.6) is 11.5 Å². The predicted octanol–water partition coefficient (Wildman–Crippen LogP) is 8.92. The van der Waals surface area contributed by atoms with Crippen LogP contribution in [-0.4, -0.2) is 13.2 Å². The molecule has 4 aromatic carbocycles. The summed E-state index contributed by atoms with van der Waals surface area (Å²) in [7, 11) is 0. The molecule has 0 aromatic heterocycles. The van der Waals surface area contributed by atoms with E-state index in [0.29, 0.717) is 13.2 Å². The fourth-order valence-corrected chi connectivity index (χ4v) is 4.80. The van der Waals surface area contributed by atoms with Crippen LogP contribution >= 0.6 is 0 Å². The van der Waals surface area contributed by atoms with Crippen molar-refractivity contribution in [1.82, 2.24) is 0 Å². The molecule has 0 radical (unpaired) electrons. The monoisotopic (exact) mass is 492 g/mol. The zero-order valence-corrected chi connectivity index (χ0v) is 22.8. The molecule has 37 heavy (non-hydrogen) atoms. The van der Waals surface area contributed by atoms with Gasteiger partial charge in [-0.1, -0.05) is 92.6 Å². The van der Waals surface area contributed by atoms with Crippen LogP contribution in [0.25, 0.3) is 11.1 Å². The summed E-state index contributed by atoms with van der Waals surface area (Å²) in [5.74, 6) is 2.00. The summed E-state index contributed by atoms with van der Waals surface area (Å²) in [5.41, 5.74) is 10.4. The second-order valence-corrected chi connectivity index (χ2v) is 9.84. The topological polar surface area (TPSA) is 18.5 Å². The molecule has 0 spiro atoms. The van der Waals surface area contributed by atoms with E-state index >= 15 is 0 Å². The molecule has 0 N–H and O–H groups in total. The van der Waals surface area contributed by atoms with Crippen molar-refractivity contribution >= 4 is 0 Å². The highest BCUT2D eigenvalue weighted by atomic mass is 16.5. The largest absolute Gasteiger partial charge is 0.493 e. The zero-order chi connectivity index (χ0) is 26.0. The molecule has 2 heteroatoms. The van der Waals surface area contributed by atoms with Crippen LogP contribution in [0.15, 0.2) is 84.9 Å². The fraction of sp³-hybridized carbons (Fsp3) is 0.314. The molecule has 0 saturated heterocycles. The Hall–Kier alpha value is -3.52. The first-order chi connectivity index (χ1) is 18.1. The second-order valence-electron chi connectivity index (χ2n) is 9.84. The van der Waals surface area contributed by atoms with Crippen molar-refractivity contribution in [3.63, 3.8) is 0 Å². The van der Waals surface area contributed by atoms with E-state index in [4.69, 9.17) is 9.47 Å². The van der Waals surface area contributed by atoms with Gasteiger partial charge in [-0.2, -0.15) is 0 Å². The molecule has 0 atom stereocenters. The normalized spacial score (nSPS) is 10.9. The summed E-state index contributed by atoms with van der Waals surface area (Å²) < 4.78 is 12.5. The van der Waals surface area contributed by atoms with Crippen molar-refractivity contribution < 1.29 is 9.47 Å². The SMILES string of the molecule is CCCc1c(Cc2ccccc2C)cccc1OCCCOc1ccc(-c2ccc(C)cc2)cc1CC. The van der Waals surface area contributed by atoms with E-state index in [1.54, 1.807) is 0 Å². The van der Waals surface area contributed by atoms with Crippen molar-refractivity contribution in [3.8, 4) is 22.6 Å². The molecule has 0 amide bonds. The molecule has 0 saturated carbocycles. The van der Waals surface area contributed by atoms with Gasteiger partial charge in [-0.15, -0.1) is 0 Å². The molecule has 0 aliphatic rings. The number of hydrogen-bond donors (Lipinski definition) is 0. The minimum Gasteiger partial charge on any atom is -0.493 e. The highest BCUT2D eigenvalue weighted by Gasteiger charge is 2.11. The molecule has 0 aliphatic heterocycles. The maximum atomic E-state index is 6.30. The fourth-order valence-electron chi connectivity index (χ4n) is 4.80. The van der Waals surface area contributed by atoms with E-state index in [2.05, 4.69) is 113 Å². The van der Waals surface area contributed by atoms with Gasteiger partial charge in [-0.3, -0.25) is 0 Å². The zero-order valence-electron chi connectivity index (χ0n) is 22.8. The van der Waals surface area contributed by atoms with Gasteiger partial charge in [0.15, 0.2) is 0 Å². The number of benzene rings is 4. The second kappa shape index (κ2) is 13.1. The van der Waals surface area contributed by atoms with Gasteiger partial charge in [-0.05, 0) is 90.3 Å². The van der Waals surface area contributed by atoms with Crippen LogP contribution in [0.1, 0.15) is 60.1 Å². The Balaban J connectivity index is 1.35. The van der Waals surface area contributed by atoms with Crippen molar-refractivity contribution in [3.05, 3.63) is 118 Å². The third-order valence-corrected chi connectivity index (χ3v) is 7.00. The molecule has 2 nitrogen and oxygen atoms in total. The highest BCUT2D eigenvalue weighted by molar-refractivity contribution is 5.66. The lowest BCUT2D eigenvalue weighted by Gasteiger charge is -2.17. The number of rotatable bonds is 12. The Morgan fingerprint density at radius 1 is 0.622 bits per heavy atom. The maximum Gasteiger partial charge on any atom is 0.122 e. The summed E-state index contributed by atoms with van der Waals surface area (Å²) >= 11 is 0. The van der Waals surface area contributed by atoms with Gasteiger partial charge in [0.25, 0.3) is 0 Å². The Morgan fingerprint density at radius 2 is 1.32 bits per heavy atom. The van der Waals surface area contributed by atoms with E-state index in [0.717, 1.165) is 43.6 Å². The maximum absolute atomic E-state index is 6.30. The third kappa shape index (κ3) is 7.04. The smallest absolute Gasteiger partial charge is 0.122 e. The molecule has 0 bridgehead atoms. The average Bonchev–Trinajstić information content (AvgIpc) is 2.92. The quantitative estimate of drug-likeness (QED) is 0.184. The Bertz CT molecular complexity index is 1290. The Morgan fingerprint density at radius 3 is 2.05 bits per heavy atom. The van der Waals surface area contributed by atoms with Crippen LogP contribution < -0.4 is 9.47 Å². The molecule has 0 unspecified atom stereocenters. The van der Waals surface area contributed by atoms with E-state index in [-0.39, 0.29) is 0 Å². The lowest BCUT2D eigenvalue weighted by atomic mass is 9.94. The standard InChI is InChI=1S/C35H40O2/c1-5-11-33-32(25-30-13-8-7-12-27(30)4)14-9-15-35(33)37-23-10-22-36-34-21-20-31(24-28(34)6-2)29-18-16-26(3)17-19-29/h7-9,12-21,24H,5-6,10-11,22-23,25H2,1-4H3. The van der Waals surface area contributed by atoms with Crippen molar-refractivity contribution in [1.29, 1.82) is 0 Å². The first kappa shape index (κ1) is 26.5. The van der Waals surface area contributed by atoms with E-state index in [9.17, 15) is 0 Å². The first-order valence-corrected chi connectivity index (χ1v) is 13.7. The van der Waals surface area contributed by atoms with Crippen LogP contribution in [0.4, 0.5) is 0 Å². The van der Waals surface area contributed by atoms with Crippen LogP contribution in [0, 0.1) is 13.8 Å². The molecular weight excluding hydrogens is 452 g/mol. The van der Waals surface area contributed by atoms with Gasteiger partial charge < -0.3 is 9.47 Å². The highest BCUT2D eigenvalue weighted by Crippen LogP contribution is 2.29. The summed E-state index contributed by atoms with van der Waals surface area (Å²) in [6, 6.07) is 30.4. The Labute approximate surface area is 223 Å². The van der Waals surface area contributed by atoms with Crippen LogP contribution in [0.3, 0.4) is 0 Å². The summed E-state index contributed by atoms with van der Waals surface area (Å²) in [6.45, 7) is 10.0. The molecule has 4 rings (SSSR count). The Kier molecular flexibility index (Phi) is 9.43. The minimum atomic E-state index is 0.642. The predicted molar refractivity (Wildman–Crippen MR) is 156 cm³/mol. The van der Waals surface area contributed by atoms with Crippen molar-refractivity contribution in [2.24, 2.45) is 0 Å². The third-order valence-electron chi connectivity index (χ3n) is 7.00. The van der Waals surface area contributed by atoms with Crippen LogP contribution in [-0.2, 0) is 19.3 Å². The van der Waals surface area contributed by atoms with Crippen molar-refractivity contribution in [2.75, 3.05) is 13.2 Å². The van der Waals surface area contributed by atoms with Gasteiger partial charge in [-0.25, -0.2) is 0 Å². The summed E-state index contributed by atoms with van der Waals surface area (Å²) in [6.07, 6.45) is 4.86.